The Hall–Kier alpha value is 2.54. The van der Waals surface area contributed by atoms with Crippen molar-refractivity contribution >= 4 is 55.6 Å². The van der Waals surface area contributed by atoms with Gasteiger partial charge in [0.2, 0.25) is 0 Å². The Morgan fingerprint density at radius 1 is 0.379 bits per heavy atom. The summed E-state index contributed by atoms with van der Waals surface area (Å²) in [7, 11) is 3.64. The largest absolute Gasteiger partial charge is 0.0877 e. The van der Waals surface area contributed by atoms with Crippen molar-refractivity contribution in [3.8, 4) is 0 Å². The zero-order valence-electron chi connectivity index (χ0n) is 18.8. The van der Waals surface area contributed by atoms with Gasteiger partial charge < -0.3 is 0 Å². The van der Waals surface area contributed by atoms with Crippen LogP contribution in [-0.4, -0.2) is 47.1 Å². The van der Waals surface area contributed by atoms with Crippen LogP contribution in [0, 0.1) is 0 Å². The summed E-state index contributed by atoms with van der Waals surface area (Å²) < 4.78 is 0. The molecule has 0 aromatic carbocycles. The molecule has 5 heteroatoms. The van der Waals surface area contributed by atoms with Crippen molar-refractivity contribution in [2.45, 2.75) is 151 Å². The van der Waals surface area contributed by atoms with Crippen molar-refractivity contribution in [1.82, 2.24) is 0 Å². The molecule has 4 aliphatic carbocycles. The van der Waals surface area contributed by atoms with Gasteiger partial charge in [0.25, 0.3) is 0 Å². The maximum absolute atomic E-state index is 1.64. The van der Waals surface area contributed by atoms with Crippen LogP contribution < -0.4 is 0 Å². The molecule has 4 atom stereocenters. The van der Waals surface area contributed by atoms with Crippen LogP contribution in [0.4, 0.5) is 0 Å². The van der Waals surface area contributed by atoms with E-state index in [1.807, 2.05) is 0 Å². The van der Waals surface area contributed by atoms with Crippen molar-refractivity contribution < 1.29 is 0 Å². The van der Waals surface area contributed by atoms with Crippen molar-refractivity contribution in [1.29, 1.82) is 0 Å². The van der Waals surface area contributed by atoms with E-state index in [0.717, 1.165) is 0 Å². The van der Waals surface area contributed by atoms with Crippen LogP contribution in [0.25, 0.3) is 0 Å². The molecule has 0 aromatic rings. The molecule has 0 N–H and O–H groups in total. The summed E-state index contributed by atoms with van der Waals surface area (Å²) in [4.78, 5) is 0. The number of hydrogen-bond acceptors (Lipinski definition) is 0. The first kappa shape index (κ1) is 26.1. The van der Waals surface area contributed by atoms with Crippen LogP contribution in [0.2, 0.25) is 0 Å². The zero-order valence-corrected chi connectivity index (χ0v) is 25.1. The fourth-order valence-electron chi connectivity index (χ4n) is 6.18. The molecule has 4 saturated carbocycles. The Morgan fingerprint density at radius 3 is 0.966 bits per heavy atom. The van der Waals surface area contributed by atoms with E-state index >= 15 is 0 Å². The van der Waals surface area contributed by atoms with E-state index in [0.29, 0.717) is 14.6 Å². The third-order valence-electron chi connectivity index (χ3n) is 7.91. The van der Waals surface area contributed by atoms with Crippen LogP contribution in [0.3, 0.4) is 0 Å². The maximum atomic E-state index is 1.64. The average Bonchev–Trinajstić information content (AvgIpc) is 2.79. The second kappa shape index (κ2) is 14.7. The third-order valence-corrected chi connectivity index (χ3v) is 30.3. The van der Waals surface area contributed by atoms with Gasteiger partial charge in [0.05, 0.1) is 0 Å². The molecule has 0 bridgehead atoms. The van der Waals surface area contributed by atoms with E-state index in [-0.39, 0.29) is 24.4 Å². The molecule has 0 nitrogen and oxygen atoms in total. The van der Waals surface area contributed by atoms with E-state index in [9.17, 15) is 0 Å². The first-order chi connectivity index (χ1) is 13.9. The average molecular weight is 580 g/mol. The van der Waals surface area contributed by atoms with Crippen molar-refractivity contribution in [2.75, 3.05) is 0 Å². The topological polar surface area (TPSA) is 0 Å². The Bertz CT molecular complexity index is 385. The molecule has 4 fully saturated rings. The Kier molecular flexibility index (Phi) is 13.3. The fraction of sp³-hybridized carbons (Fsp3) is 1.00. The molecular formula is C24H46P4Sb. The molecule has 4 unspecified atom stereocenters. The molecule has 4 aliphatic rings. The van der Waals surface area contributed by atoms with E-state index < -0.39 is 0 Å². The van der Waals surface area contributed by atoms with Gasteiger partial charge in [-0.3, -0.25) is 0 Å². The van der Waals surface area contributed by atoms with E-state index in [4.69, 9.17) is 0 Å². The van der Waals surface area contributed by atoms with Crippen LogP contribution in [0.1, 0.15) is 128 Å². The first-order valence-electron chi connectivity index (χ1n) is 13.0. The summed E-state index contributed by atoms with van der Waals surface area (Å²) in [6, 6.07) is 0. The number of hydrogen-bond donors (Lipinski definition) is 0. The monoisotopic (exact) mass is 579 g/mol. The summed E-state index contributed by atoms with van der Waals surface area (Å²) in [6.07, 6.45) is 31.8. The van der Waals surface area contributed by atoms with Gasteiger partial charge >= 0.3 is 0 Å². The molecule has 3 radical (unpaired) electrons. The molecular weight excluding hydrogens is 534 g/mol. The third kappa shape index (κ3) is 8.36. The molecule has 29 heavy (non-hydrogen) atoms. The Morgan fingerprint density at radius 2 is 0.655 bits per heavy atom. The van der Waals surface area contributed by atoms with E-state index in [1.165, 1.54) is 39.2 Å². The zero-order chi connectivity index (χ0) is 19.0. The normalized spacial score (nSPS) is 29.4. The van der Waals surface area contributed by atoms with Gasteiger partial charge in [0.15, 0.2) is 0 Å². The van der Waals surface area contributed by atoms with Crippen LogP contribution >= 0.6 is 31.1 Å². The summed E-state index contributed by atoms with van der Waals surface area (Å²) >= 11 is 0. The van der Waals surface area contributed by atoms with Gasteiger partial charge in [-0.2, -0.15) is 0 Å². The summed E-state index contributed by atoms with van der Waals surface area (Å²) in [5.74, 6) is 0. The molecule has 4 rings (SSSR count). The molecule has 0 spiro atoms. The van der Waals surface area contributed by atoms with E-state index in [2.05, 4.69) is 0 Å². The predicted molar refractivity (Wildman–Crippen MR) is 144 cm³/mol. The molecule has 0 saturated heterocycles. The van der Waals surface area contributed by atoms with Crippen LogP contribution in [0.15, 0.2) is 0 Å². The van der Waals surface area contributed by atoms with Crippen LogP contribution in [0.5, 0.6) is 0 Å². The molecule has 167 valence electrons. The first-order valence-corrected chi connectivity index (χ1v) is 20.4. The van der Waals surface area contributed by atoms with Gasteiger partial charge in [-0.15, -0.1) is 0 Å². The van der Waals surface area contributed by atoms with Crippen LogP contribution in [-0.2, 0) is 0 Å². The summed E-state index contributed by atoms with van der Waals surface area (Å²) in [6.45, 7) is 0. The van der Waals surface area contributed by atoms with Crippen molar-refractivity contribution in [3.05, 3.63) is 0 Å². The standard InChI is InChI=1S/C24H46P4.Sb/c1-5-13-21(14-6-1)25-27(23-17-9-3-10-18-23)28(24-19-11-4-12-20-24)26-22-15-7-2-8-16-22;/h21-26H,1-20H2;. The van der Waals surface area contributed by atoms with E-state index in [1.54, 1.807) is 128 Å². The molecule has 0 aliphatic heterocycles. The SMILES string of the molecule is C1CCC(PP(C2CCCCC2)P(PC2CCCCC2)C2CCCCC2)CC1.[Sb]. The second-order valence-corrected chi connectivity index (χ2v) is 24.5. The maximum Gasteiger partial charge on any atom is 0 e. The minimum atomic E-state index is 0. The smallest absolute Gasteiger partial charge is 0 e. The van der Waals surface area contributed by atoms with Gasteiger partial charge in [0, 0.05) is 24.4 Å². The molecule has 0 amide bonds. The summed E-state index contributed by atoms with van der Waals surface area (Å²) in [5.41, 5.74) is 4.78. The van der Waals surface area contributed by atoms with Gasteiger partial charge in [-0.25, -0.2) is 0 Å². The van der Waals surface area contributed by atoms with Crippen molar-refractivity contribution in [3.63, 3.8) is 0 Å². The Labute approximate surface area is 205 Å². The minimum absolute atomic E-state index is 0. The van der Waals surface area contributed by atoms with Crippen molar-refractivity contribution in [2.24, 2.45) is 0 Å². The fourth-order valence-corrected chi connectivity index (χ4v) is 33.4. The Balaban J connectivity index is 0.00000240. The number of rotatable bonds is 7. The van der Waals surface area contributed by atoms with Gasteiger partial charge in [0.1, 0.15) is 0 Å². The second-order valence-electron chi connectivity index (χ2n) is 10.2. The quantitative estimate of drug-likeness (QED) is 0.208. The van der Waals surface area contributed by atoms with Gasteiger partial charge in [-0.1, -0.05) is 108 Å². The molecule has 0 aromatic heterocycles. The van der Waals surface area contributed by atoms with Gasteiger partial charge in [-0.05, 0) is 74.0 Å². The predicted octanol–water partition coefficient (Wildman–Crippen LogP) is 10.0. The minimum Gasteiger partial charge on any atom is -0.0877 e. The molecule has 0 heterocycles. The summed E-state index contributed by atoms with van der Waals surface area (Å²) in [5, 5.41) is 0.